The number of aromatic nitrogens is 1. The van der Waals surface area contributed by atoms with Crippen molar-refractivity contribution in [3.63, 3.8) is 0 Å². The average molecular weight is 458 g/mol. The predicted octanol–water partition coefficient (Wildman–Crippen LogP) is 3.19. The Hall–Kier alpha value is -2.93. The summed E-state index contributed by atoms with van der Waals surface area (Å²) in [6.45, 7) is -0.762. The number of hydrogen-bond acceptors (Lipinski definition) is 7. The van der Waals surface area contributed by atoms with E-state index in [1.807, 2.05) is 0 Å². The number of rotatable bonds is 6. The number of thiazole rings is 1. The van der Waals surface area contributed by atoms with Crippen LogP contribution in [-0.2, 0) is 20.6 Å². The van der Waals surface area contributed by atoms with Crippen LogP contribution in [0.5, 0.6) is 0 Å². The van der Waals surface area contributed by atoms with E-state index < -0.39 is 52.2 Å². The van der Waals surface area contributed by atoms with Crippen molar-refractivity contribution in [1.29, 1.82) is 0 Å². The molecule has 158 valence electrons. The molecule has 1 fully saturated rings. The number of hydrogen-bond donors (Lipinski definition) is 2. The maximum atomic E-state index is 13.0. The lowest BCUT2D eigenvalue weighted by Crippen LogP contribution is -2.39. The SMILES string of the molecule is O=C(C[C@@H]1SC(=O)N(CC(=O)Nc2ccccc2C(F)(F)F)C1=O)Nc1nccs1. The molecule has 30 heavy (non-hydrogen) atoms. The van der Waals surface area contributed by atoms with Crippen LogP contribution in [0.4, 0.5) is 28.8 Å². The standard InChI is InChI=1S/C17H13F3N4O4S2/c18-17(19,20)9-3-1-2-4-10(9)22-13(26)8-24-14(27)11(30-16(24)28)7-12(25)23-15-21-5-6-29-15/h1-6,11H,7-8H2,(H,22,26)(H,21,23,25)/t11-/m0/s1. The molecule has 1 aliphatic rings. The smallest absolute Gasteiger partial charge is 0.324 e. The summed E-state index contributed by atoms with van der Waals surface area (Å²) in [7, 11) is 0. The number of alkyl halides is 3. The zero-order valence-electron chi connectivity index (χ0n) is 14.9. The minimum Gasteiger partial charge on any atom is -0.324 e. The summed E-state index contributed by atoms with van der Waals surface area (Å²) in [5.74, 6) is -2.27. The highest BCUT2D eigenvalue weighted by atomic mass is 32.2. The quantitative estimate of drug-likeness (QED) is 0.688. The van der Waals surface area contributed by atoms with Gasteiger partial charge >= 0.3 is 6.18 Å². The molecule has 0 radical (unpaired) electrons. The topological polar surface area (TPSA) is 108 Å². The lowest BCUT2D eigenvalue weighted by molar-refractivity contribution is -0.137. The van der Waals surface area contributed by atoms with Gasteiger partial charge in [-0.1, -0.05) is 23.9 Å². The van der Waals surface area contributed by atoms with Gasteiger partial charge in [0, 0.05) is 18.0 Å². The fourth-order valence-electron chi connectivity index (χ4n) is 2.57. The molecular formula is C17H13F3N4O4S2. The van der Waals surface area contributed by atoms with E-state index in [0.29, 0.717) is 21.8 Å². The third-order valence-corrected chi connectivity index (χ3v) is 5.63. The number of nitrogens with zero attached hydrogens (tertiary/aromatic N) is 2. The van der Waals surface area contributed by atoms with Gasteiger partial charge in [-0.15, -0.1) is 11.3 Å². The molecular weight excluding hydrogens is 445 g/mol. The second-order valence-electron chi connectivity index (χ2n) is 5.98. The van der Waals surface area contributed by atoms with Crippen LogP contribution in [0.1, 0.15) is 12.0 Å². The molecule has 0 bridgehead atoms. The van der Waals surface area contributed by atoms with Crippen molar-refractivity contribution in [2.45, 2.75) is 17.8 Å². The Bertz CT molecular complexity index is 982. The molecule has 8 nitrogen and oxygen atoms in total. The summed E-state index contributed by atoms with van der Waals surface area (Å²) >= 11 is 1.76. The van der Waals surface area contributed by atoms with Crippen LogP contribution < -0.4 is 10.6 Å². The third-order valence-electron chi connectivity index (χ3n) is 3.86. The predicted molar refractivity (Wildman–Crippen MR) is 104 cm³/mol. The number of carbonyl (C=O) groups excluding carboxylic acids is 4. The molecule has 2 heterocycles. The largest absolute Gasteiger partial charge is 0.418 e. The summed E-state index contributed by atoms with van der Waals surface area (Å²) in [4.78, 5) is 53.1. The van der Waals surface area contributed by atoms with Crippen molar-refractivity contribution in [2.24, 2.45) is 0 Å². The van der Waals surface area contributed by atoms with E-state index in [1.54, 1.807) is 5.38 Å². The third kappa shape index (κ3) is 5.16. The molecule has 0 saturated carbocycles. The molecule has 1 aromatic heterocycles. The molecule has 1 aromatic carbocycles. The van der Waals surface area contributed by atoms with Crippen molar-refractivity contribution in [3.8, 4) is 0 Å². The number of anilines is 2. The van der Waals surface area contributed by atoms with Crippen molar-refractivity contribution in [1.82, 2.24) is 9.88 Å². The number of para-hydroxylation sites is 1. The van der Waals surface area contributed by atoms with Crippen molar-refractivity contribution < 1.29 is 32.3 Å². The molecule has 3 rings (SSSR count). The van der Waals surface area contributed by atoms with E-state index in [9.17, 15) is 32.3 Å². The summed E-state index contributed by atoms with van der Waals surface area (Å²) < 4.78 is 39.1. The number of imide groups is 1. The molecule has 2 aromatic rings. The zero-order valence-corrected chi connectivity index (χ0v) is 16.6. The van der Waals surface area contributed by atoms with Crippen molar-refractivity contribution >= 4 is 56.9 Å². The molecule has 2 N–H and O–H groups in total. The van der Waals surface area contributed by atoms with Gasteiger partial charge < -0.3 is 10.6 Å². The summed E-state index contributed by atoms with van der Waals surface area (Å²) in [5, 5.41) is 4.74. The number of benzene rings is 1. The molecule has 1 aliphatic heterocycles. The van der Waals surface area contributed by atoms with Gasteiger partial charge in [-0.3, -0.25) is 24.1 Å². The summed E-state index contributed by atoms with van der Waals surface area (Å²) in [5.41, 5.74) is -1.54. The van der Waals surface area contributed by atoms with Gasteiger partial charge in [0.15, 0.2) is 5.13 Å². The van der Waals surface area contributed by atoms with Crippen LogP contribution in [0.25, 0.3) is 0 Å². The first kappa shape index (κ1) is 21.8. The van der Waals surface area contributed by atoms with Gasteiger partial charge in [0.1, 0.15) is 11.8 Å². The molecule has 13 heteroatoms. The maximum Gasteiger partial charge on any atom is 0.418 e. The van der Waals surface area contributed by atoms with E-state index in [0.717, 1.165) is 12.1 Å². The summed E-state index contributed by atoms with van der Waals surface area (Å²) in [6, 6.07) is 4.34. The molecule has 0 aliphatic carbocycles. The van der Waals surface area contributed by atoms with Crippen LogP contribution in [0.2, 0.25) is 0 Å². The number of carbonyl (C=O) groups is 4. The highest BCUT2D eigenvalue weighted by Crippen LogP contribution is 2.35. The zero-order chi connectivity index (χ0) is 21.9. The average Bonchev–Trinajstić information content (AvgIpc) is 3.25. The van der Waals surface area contributed by atoms with E-state index in [4.69, 9.17) is 0 Å². The van der Waals surface area contributed by atoms with E-state index in [-0.39, 0.29) is 6.42 Å². The fraction of sp³-hybridized carbons (Fsp3) is 0.235. The van der Waals surface area contributed by atoms with Crippen LogP contribution >= 0.6 is 23.1 Å². The maximum absolute atomic E-state index is 13.0. The summed E-state index contributed by atoms with van der Waals surface area (Å²) in [6.07, 6.45) is -3.52. The van der Waals surface area contributed by atoms with Gasteiger partial charge in [-0.25, -0.2) is 4.98 Å². The lowest BCUT2D eigenvalue weighted by atomic mass is 10.1. The van der Waals surface area contributed by atoms with Crippen LogP contribution in [0.15, 0.2) is 35.8 Å². The van der Waals surface area contributed by atoms with Gasteiger partial charge in [-0.05, 0) is 12.1 Å². The molecule has 1 atom stereocenters. The van der Waals surface area contributed by atoms with Gasteiger partial charge in [0.25, 0.3) is 5.24 Å². The lowest BCUT2D eigenvalue weighted by Gasteiger charge is -2.16. The van der Waals surface area contributed by atoms with E-state index in [1.165, 1.54) is 29.7 Å². The molecule has 0 spiro atoms. The highest BCUT2D eigenvalue weighted by molar-refractivity contribution is 8.15. The van der Waals surface area contributed by atoms with Crippen LogP contribution in [0.3, 0.4) is 0 Å². The molecule has 0 unspecified atom stereocenters. The van der Waals surface area contributed by atoms with E-state index >= 15 is 0 Å². The second-order valence-corrected chi connectivity index (χ2v) is 8.03. The normalized spacial score (nSPS) is 16.6. The number of thioether (sulfide) groups is 1. The Kier molecular flexibility index (Phi) is 6.41. The Labute approximate surface area is 175 Å². The minimum absolute atomic E-state index is 0.316. The van der Waals surface area contributed by atoms with Crippen LogP contribution in [0, 0.1) is 0 Å². The molecule has 1 saturated heterocycles. The number of halogens is 3. The van der Waals surface area contributed by atoms with E-state index in [2.05, 4.69) is 15.6 Å². The second kappa shape index (κ2) is 8.83. The Morgan fingerprint density at radius 2 is 1.87 bits per heavy atom. The fourth-order valence-corrected chi connectivity index (χ4v) is 4.10. The van der Waals surface area contributed by atoms with Crippen LogP contribution in [-0.4, -0.2) is 44.6 Å². The minimum atomic E-state index is -4.69. The van der Waals surface area contributed by atoms with Crippen molar-refractivity contribution in [2.75, 3.05) is 17.2 Å². The first-order chi connectivity index (χ1) is 14.1. The highest BCUT2D eigenvalue weighted by Gasteiger charge is 2.42. The first-order valence-electron chi connectivity index (χ1n) is 8.32. The Morgan fingerprint density at radius 1 is 1.13 bits per heavy atom. The van der Waals surface area contributed by atoms with Gasteiger partial charge in [0.2, 0.25) is 17.7 Å². The first-order valence-corrected chi connectivity index (χ1v) is 10.1. The Balaban J connectivity index is 1.60. The number of amides is 4. The monoisotopic (exact) mass is 458 g/mol. The van der Waals surface area contributed by atoms with Crippen molar-refractivity contribution in [3.05, 3.63) is 41.4 Å². The number of nitrogens with one attached hydrogen (secondary N) is 2. The van der Waals surface area contributed by atoms with Gasteiger partial charge in [-0.2, -0.15) is 13.2 Å². The van der Waals surface area contributed by atoms with Gasteiger partial charge in [0.05, 0.1) is 11.3 Å². The molecule has 4 amide bonds. The Morgan fingerprint density at radius 3 is 2.53 bits per heavy atom.